The Morgan fingerprint density at radius 3 is 2.59 bits per heavy atom. The lowest BCUT2D eigenvalue weighted by Crippen LogP contribution is -2.30. The maximum absolute atomic E-state index is 12.4. The summed E-state index contributed by atoms with van der Waals surface area (Å²) in [5.41, 5.74) is 5.04. The van der Waals surface area contributed by atoms with Gasteiger partial charge < -0.3 is 5.32 Å². The highest BCUT2D eigenvalue weighted by atomic mass is 35.5. The second-order valence-electron chi connectivity index (χ2n) is 7.32. The Balaban J connectivity index is 0.00000210. The summed E-state index contributed by atoms with van der Waals surface area (Å²) in [5, 5.41) is 4.90. The first-order valence-corrected chi connectivity index (χ1v) is 9.66. The van der Waals surface area contributed by atoms with Gasteiger partial charge in [-0.15, -0.1) is 12.4 Å². The predicted molar refractivity (Wildman–Crippen MR) is 114 cm³/mol. The van der Waals surface area contributed by atoms with E-state index in [2.05, 4.69) is 60.8 Å². The molecule has 0 fully saturated rings. The molecule has 4 rings (SSSR count). The standard InChI is InChI=1S/C23H26N2O.ClH/c1-17(16-18-8-3-2-4-9-18)24-15-14-20-19-10-5-6-11-21(19)25-22(20)12-7-13-23(25)26;/h2-6,8-11,17,24H,7,12-16H2,1H3;1H. The monoisotopic (exact) mass is 382 g/mol. The molecule has 1 aliphatic rings. The third-order valence-corrected chi connectivity index (χ3v) is 5.39. The first-order valence-electron chi connectivity index (χ1n) is 9.66. The van der Waals surface area contributed by atoms with Crippen LogP contribution in [-0.4, -0.2) is 23.1 Å². The number of nitrogens with one attached hydrogen (secondary N) is 1. The molecule has 0 spiro atoms. The number of fused-ring (bicyclic) bond motifs is 3. The van der Waals surface area contributed by atoms with Crippen molar-refractivity contribution in [2.75, 3.05) is 6.54 Å². The zero-order valence-corrected chi connectivity index (χ0v) is 16.6. The second-order valence-corrected chi connectivity index (χ2v) is 7.32. The molecule has 1 aliphatic heterocycles. The summed E-state index contributed by atoms with van der Waals surface area (Å²) in [6.45, 7) is 3.17. The summed E-state index contributed by atoms with van der Waals surface area (Å²) in [6.07, 6.45) is 4.65. The average Bonchev–Trinajstić information content (AvgIpc) is 2.98. The number of carbonyl (C=O) groups excluding carboxylic acids is 1. The Hall–Kier alpha value is -2.10. The van der Waals surface area contributed by atoms with Crippen LogP contribution in [0.3, 0.4) is 0 Å². The van der Waals surface area contributed by atoms with Crippen molar-refractivity contribution in [3.63, 3.8) is 0 Å². The van der Waals surface area contributed by atoms with Gasteiger partial charge in [0.05, 0.1) is 5.52 Å². The topological polar surface area (TPSA) is 34.0 Å². The molecule has 3 aromatic rings. The summed E-state index contributed by atoms with van der Waals surface area (Å²) >= 11 is 0. The van der Waals surface area contributed by atoms with E-state index in [-0.39, 0.29) is 18.3 Å². The van der Waals surface area contributed by atoms with Crippen molar-refractivity contribution in [1.29, 1.82) is 0 Å². The maximum atomic E-state index is 12.4. The van der Waals surface area contributed by atoms with Gasteiger partial charge >= 0.3 is 0 Å². The second kappa shape index (κ2) is 8.73. The van der Waals surface area contributed by atoms with E-state index in [9.17, 15) is 4.79 Å². The van der Waals surface area contributed by atoms with Crippen LogP contribution in [0.1, 0.15) is 41.4 Å². The Morgan fingerprint density at radius 1 is 1.04 bits per heavy atom. The summed E-state index contributed by atoms with van der Waals surface area (Å²) in [7, 11) is 0. The molecular formula is C23H27ClN2O. The molecule has 2 heterocycles. The van der Waals surface area contributed by atoms with Crippen molar-refractivity contribution in [1.82, 2.24) is 9.88 Å². The molecule has 4 heteroatoms. The molecule has 27 heavy (non-hydrogen) atoms. The molecule has 0 bridgehead atoms. The molecule has 142 valence electrons. The van der Waals surface area contributed by atoms with Gasteiger partial charge in [-0.25, -0.2) is 0 Å². The fourth-order valence-electron chi connectivity index (χ4n) is 4.19. The van der Waals surface area contributed by atoms with Gasteiger partial charge in [0.15, 0.2) is 0 Å². The normalized spacial score (nSPS) is 14.6. The molecule has 3 nitrogen and oxygen atoms in total. The highest BCUT2D eigenvalue weighted by molar-refractivity contribution is 5.96. The number of hydrogen-bond donors (Lipinski definition) is 1. The number of nitrogens with zero attached hydrogens (tertiary/aromatic N) is 1. The minimum absolute atomic E-state index is 0. The average molecular weight is 383 g/mol. The van der Waals surface area contributed by atoms with E-state index >= 15 is 0 Å². The van der Waals surface area contributed by atoms with Crippen LogP contribution in [0.5, 0.6) is 0 Å². The van der Waals surface area contributed by atoms with Gasteiger partial charge in [-0.05, 0) is 56.3 Å². The van der Waals surface area contributed by atoms with Gasteiger partial charge in [0, 0.05) is 23.5 Å². The zero-order chi connectivity index (χ0) is 17.9. The molecule has 0 radical (unpaired) electrons. The highest BCUT2D eigenvalue weighted by Gasteiger charge is 2.24. The summed E-state index contributed by atoms with van der Waals surface area (Å²) in [5.74, 6) is 0.249. The number of aromatic nitrogens is 1. The number of halogens is 1. The first kappa shape index (κ1) is 19.7. The SMILES string of the molecule is CC(Cc1ccccc1)NCCc1c2n(c3ccccc13)C(=O)CCC2.Cl. The largest absolute Gasteiger partial charge is 0.314 e. The van der Waals surface area contributed by atoms with Crippen molar-refractivity contribution in [2.45, 2.75) is 45.1 Å². The first-order chi connectivity index (χ1) is 12.7. The number of benzene rings is 2. The minimum Gasteiger partial charge on any atom is -0.314 e. The number of rotatable bonds is 6. The molecular weight excluding hydrogens is 356 g/mol. The number of hydrogen-bond acceptors (Lipinski definition) is 2. The summed E-state index contributed by atoms with van der Waals surface area (Å²) in [4.78, 5) is 12.4. The molecule has 0 aliphatic carbocycles. The van der Waals surface area contributed by atoms with Gasteiger partial charge in [-0.2, -0.15) is 0 Å². The van der Waals surface area contributed by atoms with Gasteiger partial charge in [-0.1, -0.05) is 48.5 Å². The fourth-order valence-corrected chi connectivity index (χ4v) is 4.19. The molecule has 1 atom stereocenters. The quantitative estimate of drug-likeness (QED) is 0.664. The van der Waals surface area contributed by atoms with Crippen LogP contribution in [0.4, 0.5) is 0 Å². The third kappa shape index (κ3) is 4.10. The zero-order valence-electron chi connectivity index (χ0n) is 15.8. The lowest BCUT2D eigenvalue weighted by atomic mass is 10.0. The van der Waals surface area contributed by atoms with E-state index in [1.807, 2.05) is 10.6 Å². The van der Waals surface area contributed by atoms with Crippen LogP contribution in [0.25, 0.3) is 10.9 Å². The Morgan fingerprint density at radius 2 is 1.78 bits per heavy atom. The van der Waals surface area contributed by atoms with Gasteiger partial charge in [-0.3, -0.25) is 9.36 Å². The van der Waals surface area contributed by atoms with E-state index < -0.39 is 0 Å². The Bertz CT molecular complexity index is 917. The number of para-hydroxylation sites is 1. The highest BCUT2D eigenvalue weighted by Crippen LogP contribution is 2.30. The van der Waals surface area contributed by atoms with E-state index in [4.69, 9.17) is 0 Å². The maximum Gasteiger partial charge on any atom is 0.231 e. The van der Waals surface area contributed by atoms with Crippen LogP contribution in [0.15, 0.2) is 54.6 Å². The van der Waals surface area contributed by atoms with Gasteiger partial charge in [0.1, 0.15) is 0 Å². The van der Waals surface area contributed by atoms with E-state index in [1.165, 1.54) is 22.2 Å². The molecule has 0 saturated carbocycles. The van der Waals surface area contributed by atoms with Crippen LogP contribution in [-0.2, 0) is 19.3 Å². The molecule has 1 unspecified atom stereocenters. The van der Waals surface area contributed by atoms with Crippen molar-refractivity contribution in [3.8, 4) is 0 Å². The van der Waals surface area contributed by atoms with E-state index in [0.717, 1.165) is 37.7 Å². The third-order valence-electron chi connectivity index (χ3n) is 5.39. The van der Waals surface area contributed by atoms with Crippen molar-refractivity contribution in [3.05, 3.63) is 71.4 Å². The Kier molecular flexibility index (Phi) is 6.35. The van der Waals surface area contributed by atoms with Crippen LogP contribution >= 0.6 is 12.4 Å². The van der Waals surface area contributed by atoms with Crippen LogP contribution in [0.2, 0.25) is 0 Å². The van der Waals surface area contributed by atoms with Gasteiger partial charge in [0.25, 0.3) is 0 Å². The van der Waals surface area contributed by atoms with E-state index in [1.54, 1.807) is 0 Å². The Labute approximate surface area is 167 Å². The molecule has 0 amide bonds. The summed E-state index contributed by atoms with van der Waals surface area (Å²) < 4.78 is 1.97. The molecule has 1 aromatic heterocycles. The predicted octanol–water partition coefficient (Wildman–Crippen LogP) is 4.80. The lowest BCUT2D eigenvalue weighted by molar-refractivity contribution is 0.0889. The van der Waals surface area contributed by atoms with Gasteiger partial charge in [0.2, 0.25) is 5.91 Å². The van der Waals surface area contributed by atoms with Crippen molar-refractivity contribution < 1.29 is 4.79 Å². The van der Waals surface area contributed by atoms with Crippen molar-refractivity contribution in [2.24, 2.45) is 0 Å². The van der Waals surface area contributed by atoms with Crippen LogP contribution in [0, 0.1) is 0 Å². The number of carbonyl (C=O) groups is 1. The minimum atomic E-state index is 0. The van der Waals surface area contributed by atoms with Crippen LogP contribution < -0.4 is 5.32 Å². The summed E-state index contributed by atoms with van der Waals surface area (Å²) in [6, 6.07) is 19.4. The molecule has 2 aromatic carbocycles. The lowest BCUT2D eigenvalue weighted by Gasteiger charge is -2.17. The molecule has 1 N–H and O–H groups in total. The fraction of sp³-hybridized carbons (Fsp3) is 0.348. The smallest absolute Gasteiger partial charge is 0.231 e. The molecule has 0 saturated heterocycles. The van der Waals surface area contributed by atoms with Crippen molar-refractivity contribution >= 4 is 29.2 Å². The van der Waals surface area contributed by atoms with E-state index in [0.29, 0.717) is 12.5 Å².